The van der Waals surface area contributed by atoms with Gasteiger partial charge in [0, 0.05) is 24.3 Å². The number of aliphatic carboxylic acids is 1. The SMILES string of the molecule is COC[C@H](NC(=O)c1ccc(NC(=O)OCC2c3ccccc3-c3ccccc32)cc1)C(=O)O. The van der Waals surface area contributed by atoms with Crippen molar-refractivity contribution < 1.29 is 29.0 Å². The molecule has 0 fully saturated rings. The summed E-state index contributed by atoms with van der Waals surface area (Å²) in [6, 6.07) is 21.1. The highest BCUT2D eigenvalue weighted by Crippen LogP contribution is 2.44. The lowest BCUT2D eigenvalue weighted by Gasteiger charge is -2.15. The molecule has 0 aromatic heterocycles. The van der Waals surface area contributed by atoms with Crippen LogP contribution in [0.4, 0.5) is 10.5 Å². The van der Waals surface area contributed by atoms with E-state index in [0.29, 0.717) is 5.69 Å². The summed E-state index contributed by atoms with van der Waals surface area (Å²) in [6.45, 7) is 0.0406. The van der Waals surface area contributed by atoms with Crippen LogP contribution in [0.2, 0.25) is 0 Å². The number of nitrogens with one attached hydrogen (secondary N) is 2. The number of hydrogen-bond donors (Lipinski definition) is 3. The molecular formula is C26H24N2O6. The minimum absolute atomic E-state index is 0.0431. The van der Waals surface area contributed by atoms with Gasteiger partial charge in [0.25, 0.3) is 5.91 Å². The summed E-state index contributed by atoms with van der Waals surface area (Å²) >= 11 is 0. The Hall–Kier alpha value is -4.17. The number of carboxylic acids is 1. The molecule has 1 atom stereocenters. The van der Waals surface area contributed by atoms with E-state index >= 15 is 0 Å². The van der Waals surface area contributed by atoms with Crippen molar-refractivity contribution in [2.24, 2.45) is 0 Å². The number of methoxy groups -OCH3 is 1. The number of carboxylic acid groups (broad SMARTS) is 1. The molecule has 1 aliphatic rings. The summed E-state index contributed by atoms with van der Waals surface area (Å²) in [5, 5.41) is 14.2. The molecular weight excluding hydrogens is 436 g/mol. The number of carbonyl (C=O) groups excluding carboxylic acids is 2. The smallest absolute Gasteiger partial charge is 0.411 e. The van der Waals surface area contributed by atoms with E-state index in [-0.39, 0.29) is 24.7 Å². The van der Waals surface area contributed by atoms with Crippen molar-refractivity contribution in [1.82, 2.24) is 5.32 Å². The Morgan fingerprint density at radius 1 is 0.912 bits per heavy atom. The van der Waals surface area contributed by atoms with Crippen LogP contribution in [0.25, 0.3) is 11.1 Å². The normalized spacial score (nSPS) is 12.9. The number of rotatable bonds is 8. The molecule has 8 heteroatoms. The van der Waals surface area contributed by atoms with E-state index in [1.54, 1.807) is 12.1 Å². The molecule has 2 amide bonds. The zero-order valence-corrected chi connectivity index (χ0v) is 18.5. The summed E-state index contributed by atoms with van der Waals surface area (Å²) < 4.78 is 10.3. The molecule has 0 saturated carbocycles. The number of ether oxygens (including phenoxy) is 2. The molecule has 8 nitrogen and oxygen atoms in total. The Labute approximate surface area is 196 Å². The van der Waals surface area contributed by atoms with Crippen LogP contribution >= 0.6 is 0 Å². The molecule has 0 heterocycles. The maximum atomic E-state index is 12.4. The molecule has 0 unspecified atom stereocenters. The van der Waals surface area contributed by atoms with Crippen LogP contribution in [0, 0.1) is 0 Å². The molecule has 0 spiro atoms. The molecule has 0 bridgehead atoms. The van der Waals surface area contributed by atoms with Crippen molar-refractivity contribution in [1.29, 1.82) is 0 Å². The molecule has 3 aromatic carbocycles. The van der Waals surface area contributed by atoms with Crippen molar-refractivity contribution in [3.05, 3.63) is 89.5 Å². The fraction of sp³-hybridized carbons (Fsp3) is 0.192. The average Bonchev–Trinajstić information content (AvgIpc) is 3.16. The van der Waals surface area contributed by atoms with Crippen molar-refractivity contribution in [2.45, 2.75) is 12.0 Å². The van der Waals surface area contributed by atoms with E-state index in [9.17, 15) is 14.4 Å². The van der Waals surface area contributed by atoms with Gasteiger partial charge in [0.05, 0.1) is 6.61 Å². The maximum Gasteiger partial charge on any atom is 0.411 e. The second-order valence-corrected chi connectivity index (χ2v) is 7.85. The lowest BCUT2D eigenvalue weighted by Crippen LogP contribution is -2.43. The third kappa shape index (κ3) is 4.92. The molecule has 174 valence electrons. The first kappa shape index (κ1) is 23.0. The highest BCUT2D eigenvalue weighted by atomic mass is 16.5. The van der Waals surface area contributed by atoms with E-state index < -0.39 is 24.0 Å². The van der Waals surface area contributed by atoms with Gasteiger partial charge in [-0.15, -0.1) is 0 Å². The molecule has 0 aliphatic heterocycles. The van der Waals surface area contributed by atoms with Crippen LogP contribution in [0.1, 0.15) is 27.4 Å². The lowest BCUT2D eigenvalue weighted by molar-refractivity contribution is -0.140. The fourth-order valence-electron chi connectivity index (χ4n) is 4.04. The Morgan fingerprint density at radius 3 is 2.06 bits per heavy atom. The topological polar surface area (TPSA) is 114 Å². The lowest BCUT2D eigenvalue weighted by atomic mass is 9.98. The second kappa shape index (κ2) is 10.2. The molecule has 0 radical (unpaired) electrons. The fourth-order valence-corrected chi connectivity index (χ4v) is 4.04. The Balaban J connectivity index is 1.35. The maximum absolute atomic E-state index is 12.4. The first-order valence-corrected chi connectivity index (χ1v) is 10.7. The van der Waals surface area contributed by atoms with Gasteiger partial charge in [-0.1, -0.05) is 48.5 Å². The highest BCUT2D eigenvalue weighted by molar-refractivity contribution is 5.97. The van der Waals surface area contributed by atoms with E-state index in [0.717, 1.165) is 22.3 Å². The van der Waals surface area contributed by atoms with Gasteiger partial charge in [0.1, 0.15) is 6.61 Å². The third-order valence-corrected chi connectivity index (χ3v) is 5.67. The van der Waals surface area contributed by atoms with Crippen LogP contribution in [-0.2, 0) is 14.3 Å². The van der Waals surface area contributed by atoms with Gasteiger partial charge in [0.15, 0.2) is 6.04 Å². The van der Waals surface area contributed by atoms with Gasteiger partial charge in [-0.3, -0.25) is 10.1 Å². The van der Waals surface area contributed by atoms with Gasteiger partial charge in [-0.05, 0) is 46.5 Å². The molecule has 34 heavy (non-hydrogen) atoms. The molecule has 4 rings (SSSR count). The first-order chi connectivity index (χ1) is 16.5. The Morgan fingerprint density at radius 2 is 1.50 bits per heavy atom. The molecule has 3 aromatic rings. The predicted octanol–water partition coefficient (Wildman–Crippen LogP) is 3.88. The van der Waals surface area contributed by atoms with Crippen molar-refractivity contribution in [3.8, 4) is 11.1 Å². The number of carbonyl (C=O) groups is 3. The van der Waals surface area contributed by atoms with Crippen molar-refractivity contribution >= 4 is 23.7 Å². The summed E-state index contributed by atoms with van der Waals surface area (Å²) in [5.41, 5.74) is 5.24. The van der Waals surface area contributed by atoms with Gasteiger partial charge >= 0.3 is 12.1 Å². The zero-order valence-electron chi connectivity index (χ0n) is 18.5. The number of amides is 2. The van der Waals surface area contributed by atoms with Gasteiger partial charge in [-0.25, -0.2) is 9.59 Å². The monoisotopic (exact) mass is 460 g/mol. The van der Waals surface area contributed by atoms with Crippen LogP contribution in [0.3, 0.4) is 0 Å². The summed E-state index contributed by atoms with van der Waals surface area (Å²) in [7, 11) is 1.35. The largest absolute Gasteiger partial charge is 0.480 e. The second-order valence-electron chi connectivity index (χ2n) is 7.85. The Bertz CT molecular complexity index is 1160. The quantitative estimate of drug-likeness (QED) is 0.470. The predicted molar refractivity (Wildman–Crippen MR) is 126 cm³/mol. The van der Waals surface area contributed by atoms with Gasteiger partial charge < -0.3 is 19.9 Å². The minimum Gasteiger partial charge on any atom is -0.480 e. The first-order valence-electron chi connectivity index (χ1n) is 10.7. The standard InChI is InChI=1S/C26H24N2O6/c1-33-15-23(25(30)31)28-24(29)16-10-12-17(13-11-16)27-26(32)34-14-22-20-8-4-2-6-18(20)19-7-3-5-9-21(19)22/h2-13,22-23H,14-15H2,1H3,(H,27,32)(H,28,29)(H,30,31)/t23-/m0/s1. The summed E-state index contributed by atoms with van der Waals surface area (Å²) in [5.74, 6) is -1.79. The number of hydrogen-bond acceptors (Lipinski definition) is 5. The number of benzene rings is 3. The summed E-state index contributed by atoms with van der Waals surface area (Å²) in [6.07, 6.45) is -0.606. The van der Waals surface area contributed by atoms with Crippen LogP contribution in [0.15, 0.2) is 72.8 Å². The third-order valence-electron chi connectivity index (χ3n) is 5.67. The van der Waals surface area contributed by atoms with Crippen molar-refractivity contribution in [3.63, 3.8) is 0 Å². The van der Waals surface area contributed by atoms with E-state index in [1.165, 1.54) is 19.2 Å². The highest BCUT2D eigenvalue weighted by Gasteiger charge is 2.29. The number of fused-ring (bicyclic) bond motifs is 3. The summed E-state index contributed by atoms with van der Waals surface area (Å²) in [4.78, 5) is 35.9. The Kier molecular flexibility index (Phi) is 6.89. The van der Waals surface area contributed by atoms with Gasteiger partial charge in [0.2, 0.25) is 0 Å². The zero-order chi connectivity index (χ0) is 24.1. The average molecular weight is 460 g/mol. The molecule has 3 N–H and O–H groups in total. The van der Waals surface area contributed by atoms with Crippen LogP contribution < -0.4 is 10.6 Å². The van der Waals surface area contributed by atoms with Crippen LogP contribution in [-0.4, -0.2) is 49.4 Å². The van der Waals surface area contributed by atoms with Gasteiger partial charge in [-0.2, -0.15) is 0 Å². The van der Waals surface area contributed by atoms with Crippen molar-refractivity contribution in [2.75, 3.05) is 25.6 Å². The van der Waals surface area contributed by atoms with E-state index in [2.05, 4.69) is 22.8 Å². The molecule has 1 aliphatic carbocycles. The molecule has 0 saturated heterocycles. The number of anilines is 1. The van der Waals surface area contributed by atoms with Crippen LogP contribution in [0.5, 0.6) is 0 Å². The van der Waals surface area contributed by atoms with E-state index in [4.69, 9.17) is 14.6 Å². The minimum atomic E-state index is -1.19. The van der Waals surface area contributed by atoms with E-state index in [1.807, 2.05) is 36.4 Å².